The van der Waals surface area contributed by atoms with Crippen LogP contribution in [0.3, 0.4) is 0 Å². The van der Waals surface area contributed by atoms with Gasteiger partial charge in [-0.2, -0.15) is 0 Å². The third-order valence-electron chi connectivity index (χ3n) is 11.1. The van der Waals surface area contributed by atoms with E-state index in [4.69, 9.17) is 15.0 Å². The molecule has 0 spiro atoms. The van der Waals surface area contributed by atoms with Crippen molar-refractivity contribution in [3.8, 4) is 51.0 Å². The number of hydrogen-bond acceptors (Lipinski definition) is 3. The summed E-state index contributed by atoms with van der Waals surface area (Å²) in [5, 5.41) is 9.87. The van der Waals surface area contributed by atoms with E-state index in [2.05, 4.69) is 200 Å². The normalized spacial score (nSPS) is 11.7. The second-order valence-electron chi connectivity index (χ2n) is 14.5. The summed E-state index contributed by atoms with van der Waals surface area (Å²) in [5.41, 5.74) is 9.75. The number of benzene rings is 9. The average Bonchev–Trinajstić information content (AvgIpc) is 3.61. The Morgan fingerprint density at radius 1 is 0.304 bits per heavy atom. The molecule has 11 aromatic rings. The first-order valence-corrected chi connectivity index (χ1v) is 19.0. The lowest BCUT2D eigenvalue weighted by Crippen LogP contribution is -2.00. The van der Waals surface area contributed by atoms with Crippen LogP contribution in [0, 0.1) is 6.92 Å². The fourth-order valence-electron chi connectivity index (χ4n) is 8.44. The summed E-state index contributed by atoms with van der Waals surface area (Å²) in [4.78, 5) is 15.4. The Kier molecular flexibility index (Phi) is 7.36. The molecular formula is C52H34N4. The van der Waals surface area contributed by atoms with Crippen molar-refractivity contribution in [3.63, 3.8) is 0 Å². The van der Waals surface area contributed by atoms with Gasteiger partial charge in [0.2, 0.25) is 0 Å². The van der Waals surface area contributed by atoms with Gasteiger partial charge in [0.15, 0.2) is 17.5 Å². The highest BCUT2D eigenvalue weighted by molar-refractivity contribution is 6.25. The second-order valence-corrected chi connectivity index (χ2v) is 14.5. The first-order chi connectivity index (χ1) is 27.7. The molecule has 0 atom stereocenters. The van der Waals surface area contributed by atoms with E-state index in [1.54, 1.807) is 0 Å². The highest BCUT2D eigenvalue weighted by Crippen LogP contribution is 2.38. The van der Waals surface area contributed by atoms with Crippen LogP contribution in [0.4, 0.5) is 0 Å². The van der Waals surface area contributed by atoms with Gasteiger partial charge in [0.1, 0.15) is 0 Å². The van der Waals surface area contributed by atoms with Gasteiger partial charge in [-0.15, -0.1) is 0 Å². The van der Waals surface area contributed by atoms with Crippen molar-refractivity contribution >= 4 is 54.1 Å². The van der Waals surface area contributed by atoms with Crippen LogP contribution >= 0.6 is 0 Å². The molecule has 0 aliphatic rings. The van der Waals surface area contributed by atoms with Crippen molar-refractivity contribution in [1.82, 2.24) is 19.5 Å². The molecule has 9 aromatic carbocycles. The summed E-state index contributed by atoms with van der Waals surface area (Å²) >= 11 is 0. The molecule has 262 valence electrons. The number of hydrogen-bond donors (Lipinski definition) is 0. The molecule has 0 aliphatic carbocycles. The molecule has 2 heterocycles. The minimum absolute atomic E-state index is 0.638. The number of rotatable bonds is 5. The third-order valence-corrected chi connectivity index (χ3v) is 11.1. The summed E-state index contributed by atoms with van der Waals surface area (Å²) in [6.07, 6.45) is 0. The Morgan fingerprint density at radius 2 is 0.732 bits per heavy atom. The topological polar surface area (TPSA) is 43.6 Å². The highest BCUT2D eigenvalue weighted by atomic mass is 15.0. The lowest BCUT2D eigenvalue weighted by molar-refractivity contribution is 1.07. The molecule has 0 N–H and O–H groups in total. The molecule has 4 nitrogen and oxygen atoms in total. The van der Waals surface area contributed by atoms with E-state index < -0.39 is 0 Å². The lowest BCUT2D eigenvalue weighted by Gasteiger charge is -2.13. The van der Waals surface area contributed by atoms with Gasteiger partial charge in [-0.3, -0.25) is 0 Å². The summed E-state index contributed by atoms with van der Waals surface area (Å²) in [5.74, 6) is 1.93. The molecule has 0 amide bonds. The largest absolute Gasteiger partial charge is 0.309 e. The quantitative estimate of drug-likeness (QED) is 0.167. The van der Waals surface area contributed by atoms with Gasteiger partial charge >= 0.3 is 0 Å². The van der Waals surface area contributed by atoms with Gasteiger partial charge in [-0.05, 0) is 92.8 Å². The van der Waals surface area contributed by atoms with Crippen molar-refractivity contribution < 1.29 is 0 Å². The van der Waals surface area contributed by atoms with E-state index in [9.17, 15) is 0 Å². The van der Waals surface area contributed by atoms with Crippen LogP contribution in [0.1, 0.15) is 5.56 Å². The van der Waals surface area contributed by atoms with E-state index in [-0.39, 0.29) is 0 Å². The molecule has 0 unspecified atom stereocenters. The summed E-state index contributed by atoms with van der Waals surface area (Å²) in [6, 6.07) is 66.9. The number of para-hydroxylation sites is 2. The van der Waals surface area contributed by atoms with Gasteiger partial charge in [0.05, 0.1) is 11.0 Å². The predicted molar refractivity (Wildman–Crippen MR) is 233 cm³/mol. The smallest absolute Gasteiger partial charge is 0.164 e. The molecule has 0 aliphatic heterocycles. The van der Waals surface area contributed by atoms with Crippen LogP contribution < -0.4 is 0 Å². The maximum absolute atomic E-state index is 5.19. The highest BCUT2D eigenvalue weighted by Gasteiger charge is 2.16. The van der Waals surface area contributed by atoms with Crippen molar-refractivity contribution in [2.75, 3.05) is 0 Å². The molecule has 11 rings (SSSR count). The first kappa shape index (κ1) is 32.0. The van der Waals surface area contributed by atoms with Crippen molar-refractivity contribution in [2.24, 2.45) is 0 Å². The minimum atomic E-state index is 0.638. The summed E-state index contributed by atoms with van der Waals surface area (Å²) in [7, 11) is 0. The van der Waals surface area contributed by atoms with Crippen molar-refractivity contribution in [3.05, 3.63) is 194 Å². The molecule has 56 heavy (non-hydrogen) atoms. The van der Waals surface area contributed by atoms with Crippen LogP contribution in [0.5, 0.6) is 0 Å². The Morgan fingerprint density at radius 3 is 1.30 bits per heavy atom. The number of nitrogens with zero attached hydrogens (tertiary/aromatic N) is 4. The van der Waals surface area contributed by atoms with Crippen LogP contribution in [0.2, 0.25) is 0 Å². The fourth-order valence-corrected chi connectivity index (χ4v) is 8.44. The molecule has 0 bridgehead atoms. The monoisotopic (exact) mass is 714 g/mol. The molecule has 0 fully saturated rings. The zero-order valence-electron chi connectivity index (χ0n) is 30.7. The van der Waals surface area contributed by atoms with Gasteiger partial charge in [-0.1, -0.05) is 151 Å². The Labute approximate surface area is 324 Å². The number of fused-ring (bicyclic) bond motifs is 9. The average molecular weight is 715 g/mol. The number of aromatic nitrogens is 4. The maximum atomic E-state index is 5.19. The van der Waals surface area contributed by atoms with Crippen LogP contribution in [-0.4, -0.2) is 19.5 Å². The Hall–Kier alpha value is -7.43. The lowest BCUT2D eigenvalue weighted by atomic mass is 9.93. The van der Waals surface area contributed by atoms with Crippen LogP contribution in [0.15, 0.2) is 188 Å². The van der Waals surface area contributed by atoms with Gasteiger partial charge < -0.3 is 4.57 Å². The summed E-state index contributed by atoms with van der Waals surface area (Å²) < 4.78 is 2.35. The van der Waals surface area contributed by atoms with Crippen LogP contribution in [0.25, 0.3) is 105 Å². The molecule has 0 radical (unpaired) electrons. The standard InChI is InChI=1S/C52H34N4/c1-33-12-10-14-36(30-33)50-53-51(55-52(54-50)38-26-29-44-42-18-3-2-16-40(42)41-17-4-5-19-43(41)47(44)32-38)37-15-11-13-35(31-37)34-24-27-39(28-25-34)56-48-22-8-6-20-45(48)46-21-7-9-23-49(46)56/h2-32H,1H3. The first-order valence-electron chi connectivity index (χ1n) is 19.0. The Balaban J connectivity index is 1.03. The minimum Gasteiger partial charge on any atom is -0.309 e. The summed E-state index contributed by atoms with van der Waals surface area (Å²) in [6.45, 7) is 2.10. The molecule has 2 aromatic heterocycles. The van der Waals surface area contributed by atoms with E-state index in [1.165, 1.54) is 54.1 Å². The van der Waals surface area contributed by atoms with E-state index in [1.807, 2.05) is 0 Å². The second kappa shape index (κ2) is 12.9. The molecule has 4 heteroatoms. The van der Waals surface area contributed by atoms with Gasteiger partial charge in [-0.25, -0.2) is 15.0 Å². The third kappa shape index (κ3) is 5.26. The zero-order valence-corrected chi connectivity index (χ0v) is 30.7. The SMILES string of the molecule is Cc1cccc(-c2nc(-c3cccc(-c4ccc(-n5c6ccccc6c6ccccc65)cc4)c3)nc(-c3ccc4c5ccccc5c5ccccc5c4c3)n2)c1. The van der Waals surface area contributed by atoms with Crippen LogP contribution in [-0.2, 0) is 0 Å². The van der Waals surface area contributed by atoms with E-state index in [0.717, 1.165) is 39.1 Å². The predicted octanol–water partition coefficient (Wildman–Crippen LogP) is 13.4. The van der Waals surface area contributed by atoms with Crippen molar-refractivity contribution in [1.29, 1.82) is 0 Å². The van der Waals surface area contributed by atoms with E-state index in [0.29, 0.717) is 17.5 Å². The molecular weight excluding hydrogens is 681 g/mol. The molecule has 0 saturated carbocycles. The maximum Gasteiger partial charge on any atom is 0.164 e. The van der Waals surface area contributed by atoms with Gasteiger partial charge in [0.25, 0.3) is 0 Å². The number of aryl methyl sites for hydroxylation is 1. The van der Waals surface area contributed by atoms with Crippen molar-refractivity contribution in [2.45, 2.75) is 6.92 Å². The van der Waals surface area contributed by atoms with E-state index >= 15 is 0 Å². The van der Waals surface area contributed by atoms with Gasteiger partial charge in [0, 0.05) is 33.2 Å². The fraction of sp³-hybridized carbons (Fsp3) is 0.0192. The zero-order chi connectivity index (χ0) is 37.2. The Bertz CT molecular complexity index is 3230. The molecule has 0 saturated heterocycles.